The van der Waals surface area contributed by atoms with E-state index in [0.717, 1.165) is 23.9 Å². The number of anilines is 1. The van der Waals surface area contributed by atoms with E-state index in [9.17, 15) is 26.7 Å². The van der Waals surface area contributed by atoms with Crippen LogP contribution < -0.4 is 10.1 Å². The third kappa shape index (κ3) is 5.94. The van der Waals surface area contributed by atoms with Gasteiger partial charge in [0.1, 0.15) is 5.75 Å². The minimum atomic E-state index is -4.51. The first kappa shape index (κ1) is 22.5. The lowest BCUT2D eigenvalue weighted by Crippen LogP contribution is -2.15. The fraction of sp³-hybridized carbons (Fsp3) is 0.211. The summed E-state index contributed by atoms with van der Waals surface area (Å²) in [5.41, 5.74) is -0.233. The van der Waals surface area contributed by atoms with Crippen molar-refractivity contribution in [2.45, 2.75) is 17.9 Å². The highest BCUT2D eigenvalue weighted by Crippen LogP contribution is 2.31. The predicted octanol–water partition coefficient (Wildman–Crippen LogP) is 4.83. The molecule has 1 N–H and O–H groups in total. The Labute approximate surface area is 177 Å². The Hall–Kier alpha value is -3.15. The first-order valence-electron chi connectivity index (χ1n) is 8.68. The van der Waals surface area contributed by atoms with E-state index in [1.165, 1.54) is 36.4 Å². The topological polar surface area (TPSA) is 69.0 Å². The number of aromatic nitrogens is 3. The summed E-state index contributed by atoms with van der Waals surface area (Å²) in [5, 5.41) is 10.8. The van der Waals surface area contributed by atoms with Crippen LogP contribution in [-0.2, 0) is 18.0 Å². The van der Waals surface area contributed by atoms with Gasteiger partial charge in [-0.25, -0.2) is 0 Å². The minimum absolute atomic E-state index is 0.00165. The van der Waals surface area contributed by atoms with Gasteiger partial charge in [0.05, 0.1) is 11.3 Å². The fourth-order valence-corrected chi connectivity index (χ4v) is 3.29. The number of hydrogen-bond donors (Lipinski definition) is 1. The highest BCUT2D eigenvalue weighted by atomic mass is 32.2. The van der Waals surface area contributed by atoms with Gasteiger partial charge in [0.2, 0.25) is 5.91 Å². The van der Waals surface area contributed by atoms with Gasteiger partial charge in [-0.3, -0.25) is 4.79 Å². The molecule has 0 aliphatic heterocycles. The molecule has 0 radical (unpaired) electrons. The van der Waals surface area contributed by atoms with E-state index in [1.54, 1.807) is 11.6 Å². The summed E-state index contributed by atoms with van der Waals surface area (Å²) >= 11 is 1.04. The molecule has 12 heteroatoms. The summed E-state index contributed by atoms with van der Waals surface area (Å²) in [6, 6.07) is 10.1. The van der Waals surface area contributed by atoms with Gasteiger partial charge in [-0.2, -0.15) is 22.0 Å². The van der Waals surface area contributed by atoms with Crippen LogP contribution in [0.25, 0.3) is 11.4 Å². The van der Waals surface area contributed by atoms with Crippen molar-refractivity contribution in [1.29, 1.82) is 0 Å². The van der Waals surface area contributed by atoms with Gasteiger partial charge in [-0.05, 0) is 42.5 Å². The number of hydrogen-bond acceptors (Lipinski definition) is 5. The number of halogens is 5. The van der Waals surface area contributed by atoms with Gasteiger partial charge in [0.25, 0.3) is 0 Å². The molecule has 0 fully saturated rings. The number of nitrogens with one attached hydrogen (secondary N) is 1. The van der Waals surface area contributed by atoms with E-state index in [2.05, 4.69) is 20.3 Å². The highest BCUT2D eigenvalue weighted by molar-refractivity contribution is 7.99. The second-order valence-electron chi connectivity index (χ2n) is 6.18. The lowest BCUT2D eigenvalue weighted by Gasteiger charge is -2.10. The van der Waals surface area contributed by atoms with Crippen LogP contribution in [0.3, 0.4) is 0 Å². The van der Waals surface area contributed by atoms with Gasteiger partial charge in [-0.1, -0.05) is 17.8 Å². The van der Waals surface area contributed by atoms with Crippen LogP contribution in [0.15, 0.2) is 53.7 Å². The zero-order valence-corrected chi connectivity index (χ0v) is 16.7. The summed E-state index contributed by atoms with van der Waals surface area (Å²) in [5.74, 6) is -0.183. The molecule has 0 unspecified atom stereocenters. The van der Waals surface area contributed by atoms with Crippen molar-refractivity contribution in [3.8, 4) is 17.1 Å². The maximum atomic E-state index is 12.8. The van der Waals surface area contributed by atoms with Gasteiger partial charge in [0.15, 0.2) is 11.0 Å². The van der Waals surface area contributed by atoms with E-state index in [1.807, 2.05) is 0 Å². The average molecular weight is 458 g/mol. The Bertz CT molecular complexity index is 1050. The molecule has 0 saturated heterocycles. The zero-order valence-electron chi connectivity index (χ0n) is 15.9. The van der Waals surface area contributed by atoms with Gasteiger partial charge in [0, 0.05) is 18.3 Å². The number of carbonyl (C=O) groups excluding carboxylic acids is 1. The van der Waals surface area contributed by atoms with Crippen molar-refractivity contribution in [1.82, 2.24) is 14.8 Å². The molecule has 2 aromatic carbocycles. The molecule has 31 heavy (non-hydrogen) atoms. The number of carbonyl (C=O) groups is 1. The summed E-state index contributed by atoms with van der Waals surface area (Å²) in [6.07, 6.45) is -4.51. The molecule has 1 heterocycles. The molecule has 0 saturated carbocycles. The normalized spacial score (nSPS) is 11.6. The van der Waals surface area contributed by atoms with E-state index < -0.39 is 24.3 Å². The quantitative estimate of drug-likeness (QED) is 0.406. The Balaban J connectivity index is 1.62. The molecule has 3 aromatic rings. The number of ether oxygens (including phenoxy) is 1. The number of alkyl halides is 5. The summed E-state index contributed by atoms with van der Waals surface area (Å²) in [7, 11) is 1.66. The number of benzene rings is 2. The van der Waals surface area contributed by atoms with Crippen LogP contribution >= 0.6 is 11.8 Å². The Kier molecular flexibility index (Phi) is 6.78. The first-order chi connectivity index (χ1) is 14.6. The van der Waals surface area contributed by atoms with Crippen molar-refractivity contribution in [2.24, 2.45) is 7.05 Å². The number of thioether (sulfide) groups is 1. The second kappa shape index (κ2) is 9.33. The van der Waals surface area contributed by atoms with Crippen molar-refractivity contribution >= 4 is 23.4 Å². The lowest BCUT2D eigenvalue weighted by molar-refractivity contribution is -0.137. The van der Waals surface area contributed by atoms with Crippen LogP contribution in [-0.4, -0.2) is 33.0 Å². The molecule has 1 amide bonds. The average Bonchev–Trinajstić information content (AvgIpc) is 3.06. The Morgan fingerprint density at radius 3 is 2.52 bits per heavy atom. The Morgan fingerprint density at radius 1 is 1.16 bits per heavy atom. The van der Waals surface area contributed by atoms with Crippen LogP contribution in [0.2, 0.25) is 0 Å². The molecule has 1 aromatic heterocycles. The van der Waals surface area contributed by atoms with E-state index in [0.29, 0.717) is 16.5 Å². The molecule has 0 aliphatic rings. The lowest BCUT2D eigenvalue weighted by atomic mass is 10.2. The van der Waals surface area contributed by atoms with E-state index in [4.69, 9.17) is 0 Å². The first-order valence-corrected chi connectivity index (χ1v) is 9.66. The molecule has 0 spiro atoms. The van der Waals surface area contributed by atoms with E-state index >= 15 is 0 Å². The summed E-state index contributed by atoms with van der Waals surface area (Å²) < 4.78 is 68.7. The largest absolute Gasteiger partial charge is 0.435 e. The molecule has 164 valence electrons. The smallest absolute Gasteiger partial charge is 0.416 e. The highest BCUT2D eigenvalue weighted by Gasteiger charge is 2.30. The number of amides is 1. The van der Waals surface area contributed by atoms with Crippen molar-refractivity contribution in [2.75, 3.05) is 11.1 Å². The number of rotatable bonds is 7. The minimum Gasteiger partial charge on any atom is -0.435 e. The molecular weight excluding hydrogens is 443 g/mol. The standard InChI is InChI=1S/C19H15F5N4O2S/c1-28-16(11-5-7-14(8-6-11)30-17(20)21)26-27-18(28)31-10-15(29)25-13-4-2-3-12(9-13)19(22,23)24/h2-9,17H,10H2,1H3,(H,25,29). The van der Waals surface area contributed by atoms with Crippen molar-refractivity contribution in [3.05, 3.63) is 54.1 Å². The van der Waals surface area contributed by atoms with Crippen LogP contribution in [0.5, 0.6) is 5.75 Å². The summed E-state index contributed by atoms with van der Waals surface area (Å²) in [4.78, 5) is 12.1. The van der Waals surface area contributed by atoms with Gasteiger partial charge < -0.3 is 14.6 Å². The molecular formula is C19H15F5N4O2S. The van der Waals surface area contributed by atoms with Gasteiger partial charge >= 0.3 is 12.8 Å². The van der Waals surface area contributed by atoms with Crippen molar-refractivity contribution in [3.63, 3.8) is 0 Å². The van der Waals surface area contributed by atoms with E-state index in [-0.39, 0.29) is 17.2 Å². The van der Waals surface area contributed by atoms with Crippen LogP contribution in [0.4, 0.5) is 27.6 Å². The molecule has 6 nitrogen and oxygen atoms in total. The predicted molar refractivity (Wildman–Crippen MR) is 104 cm³/mol. The third-order valence-electron chi connectivity index (χ3n) is 3.98. The fourth-order valence-electron chi connectivity index (χ4n) is 2.58. The zero-order chi connectivity index (χ0) is 22.6. The molecule has 0 atom stereocenters. The van der Waals surface area contributed by atoms with Crippen LogP contribution in [0.1, 0.15) is 5.56 Å². The summed E-state index contributed by atoms with van der Waals surface area (Å²) in [6.45, 7) is -2.93. The SMILES string of the molecule is Cn1c(SCC(=O)Nc2cccc(C(F)(F)F)c2)nnc1-c1ccc(OC(F)F)cc1. The molecule has 0 aliphatic carbocycles. The maximum Gasteiger partial charge on any atom is 0.416 e. The maximum absolute atomic E-state index is 12.8. The number of nitrogens with zero attached hydrogens (tertiary/aromatic N) is 3. The van der Waals surface area contributed by atoms with Crippen LogP contribution in [0, 0.1) is 0 Å². The second-order valence-corrected chi connectivity index (χ2v) is 7.13. The molecule has 3 rings (SSSR count). The third-order valence-corrected chi connectivity index (χ3v) is 5.00. The van der Waals surface area contributed by atoms with Gasteiger partial charge in [-0.15, -0.1) is 10.2 Å². The molecule has 0 bridgehead atoms. The monoisotopic (exact) mass is 458 g/mol. The Morgan fingerprint density at radius 2 is 1.87 bits per heavy atom. The van der Waals surface area contributed by atoms with Crippen molar-refractivity contribution < 1.29 is 31.5 Å².